The molecule has 3 aromatic carbocycles. The minimum atomic E-state index is -0.427. The molecule has 0 saturated carbocycles. The van der Waals surface area contributed by atoms with Crippen LogP contribution in [0.4, 0.5) is 0 Å². The summed E-state index contributed by atoms with van der Waals surface area (Å²) in [5.41, 5.74) is 4.05. The summed E-state index contributed by atoms with van der Waals surface area (Å²) in [6, 6.07) is 18.5. The van der Waals surface area contributed by atoms with Crippen LogP contribution in [0, 0.1) is 0 Å². The lowest BCUT2D eigenvalue weighted by Gasteiger charge is -2.12. The average molecular weight is 477 g/mol. The number of amides is 1. The van der Waals surface area contributed by atoms with Gasteiger partial charge in [0.2, 0.25) is 0 Å². The highest BCUT2D eigenvalue weighted by Crippen LogP contribution is 2.20. The number of benzene rings is 3. The van der Waals surface area contributed by atoms with E-state index in [2.05, 4.69) is 26.3 Å². The van der Waals surface area contributed by atoms with Gasteiger partial charge in [-0.25, -0.2) is 10.8 Å². The van der Waals surface area contributed by atoms with E-state index in [1.165, 1.54) is 4.57 Å². The van der Waals surface area contributed by atoms with Crippen LogP contribution in [-0.4, -0.2) is 20.6 Å². The average Bonchev–Trinajstić information content (AvgIpc) is 2.78. The fourth-order valence-corrected chi connectivity index (χ4v) is 3.54. The molecule has 4 aromatic rings. The number of carbonyl (C=O) groups is 1. The van der Waals surface area contributed by atoms with E-state index in [9.17, 15) is 14.7 Å². The molecule has 7 nitrogen and oxygen atoms in total. The van der Waals surface area contributed by atoms with E-state index in [0.29, 0.717) is 28.0 Å². The number of nitrogen functional groups attached to an aromatic ring is 1. The topological polar surface area (TPSA) is 110 Å². The lowest BCUT2D eigenvalue weighted by atomic mass is 10.1. The van der Waals surface area contributed by atoms with Crippen molar-refractivity contribution in [3.63, 3.8) is 0 Å². The Hall–Kier alpha value is -3.75. The molecule has 0 aliphatic heterocycles. The zero-order valence-corrected chi connectivity index (χ0v) is 17.7. The number of nitrogens with zero attached hydrogens (tertiary/aromatic N) is 2. The Morgan fingerprint density at radius 3 is 2.55 bits per heavy atom. The molecular formula is C23H17BrN4O3. The van der Waals surface area contributed by atoms with Gasteiger partial charge in [0.05, 0.1) is 16.6 Å². The fourth-order valence-electron chi connectivity index (χ4n) is 3.18. The van der Waals surface area contributed by atoms with Crippen LogP contribution in [0.1, 0.15) is 21.7 Å². The van der Waals surface area contributed by atoms with E-state index < -0.39 is 5.91 Å². The predicted octanol–water partition coefficient (Wildman–Crippen LogP) is 3.63. The molecule has 1 heterocycles. The summed E-state index contributed by atoms with van der Waals surface area (Å²) in [5, 5.41) is 10.1. The highest BCUT2D eigenvalue weighted by molar-refractivity contribution is 9.10. The number of aromatic hydroxyl groups is 1. The first-order chi connectivity index (χ1) is 15.0. The first-order valence-corrected chi connectivity index (χ1v) is 10.1. The van der Waals surface area contributed by atoms with Crippen LogP contribution in [0.5, 0.6) is 5.75 Å². The molecule has 0 spiro atoms. The van der Waals surface area contributed by atoms with Gasteiger partial charge in [-0.15, -0.1) is 0 Å². The Bertz CT molecular complexity index is 1380. The number of nitrogens with two attached hydrogens (primary N) is 1. The maximum absolute atomic E-state index is 13.4. The summed E-state index contributed by atoms with van der Waals surface area (Å²) in [5.74, 6) is 5.31. The van der Waals surface area contributed by atoms with E-state index in [-0.39, 0.29) is 11.3 Å². The van der Waals surface area contributed by atoms with Gasteiger partial charge in [0.25, 0.3) is 11.5 Å². The molecule has 0 radical (unpaired) electrons. The summed E-state index contributed by atoms with van der Waals surface area (Å²) >= 11 is 3.40. The molecule has 0 aliphatic rings. The van der Waals surface area contributed by atoms with Crippen molar-refractivity contribution in [2.24, 2.45) is 5.84 Å². The van der Waals surface area contributed by atoms with Crippen LogP contribution < -0.4 is 16.8 Å². The second kappa shape index (κ2) is 8.55. The molecule has 154 valence electrons. The highest BCUT2D eigenvalue weighted by Gasteiger charge is 2.13. The van der Waals surface area contributed by atoms with Crippen LogP contribution in [-0.2, 0) is 0 Å². The number of fused-ring (bicyclic) bond motifs is 1. The number of carbonyl (C=O) groups excluding carboxylic acids is 1. The minimum Gasteiger partial charge on any atom is -0.508 e. The minimum absolute atomic E-state index is 0.143. The monoisotopic (exact) mass is 476 g/mol. The van der Waals surface area contributed by atoms with E-state index in [4.69, 9.17) is 5.84 Å². The Balaban J connectivity index is 1.90. The van der Waals surface area contributed by atoms with Crippen molar-refractivity contribution in [3.05, 3.63) is 98.5 Å². The second-order valence-electron chi connectivity index (χ2n) is 6.72. The van der Waals surface area contributed by atoms with Gasteiger partial charge in [0.15, 0.2) is 0 Å². The molecule has 31 heavy (non-hydrogen) atoms. The first-order valence-electron chi connectivity index (χ1n) is 9.27. The van der Waals surface area contributed by atoms with Gasteiger partial charge in [-0.1, -0.05) is 34.1 Å². The van der Waals surface area contributed by atoms with Crippen molar-refractivity contribution < 1.29 is 9.90 Å². The van der Waals surface area contributed by atoms with Gasteiger partial charge < -0.3 is 5.11 Å². The van der Waals surface area contributed by atoms with Crippen molar-refractivity contribution in [3.8, 4) is 11.4 Å². The molecule has 0 atom stereocenters. The SMILES string of the molecule is NNC(=O)c1ccc(-n2c(/C=C/c3cccc(O)c3)nc3ccc(Br)cc3c2=O)cc1. The summed E-state index contributed by atoms with van der Waals surface area (Å²) in [7, 11) is 0. The van der Waals surface area contributed by atoms with Gasteiger partial charge in [0.1, 0.15) is 11.6 Å². The van der Waals surface area contributed by atoms with Crippen LogP contribution >= 0.6 is 15.9 Å². The number of hydrogen-bond donors (Lipinski definition) is 3. The quantitative estimate of drug-likeness (QED) is 0.236. The number of hydrogen-bond acceptors (Lipinski definition) is 5. The number of aromatic nitrogens is 2. The van der Waals surface area contributed by atoms with Crippen LogP contribution in [0.25, 0.3) is 28.7 Å². The predicted molar refractivity (Wildman–Crippen MR) is 124 cm³/mol. The maximum Gasteiger partial charge on any atom is 0.266 e. The van der Waals surface area contributed by atoms with Crippen molar-refractivity contribution in [2.75, 3.05) is 0 Å². The fraction of sp³-hybridized carbons (Fsp3) is 0. The van der Waals surface area contributed by atoms with E-state index in [1.54, 1.807) is 66.7 Å². The van der Waals surface area contributed by atoms with Crippen molar-refractivity contribution in [1.29, 1.82) is 0 Å². The third kappa shape index (κ3) is 4.25. The Morgan fingerprint density at radius 2 is 1.84 bits per heavy atom. The lowest BCUT2D eigenvalue weighted by molar-refractivity contribution is 0.0953. The van der Waals surface area contributed by atoms with E-state index in [1.807, 2.05) is 12.1 Å². The number of halogens is 1. The van der Waals surface area contributed by atoms with E-state index >= 15 is 0 Å². The molecule has 0 saturated heterocycles. The number of phenols is 1. The third-order valence-electron chi connectivity index (χ3n) is 4.67. The number of rotatable bonds is 4. The van der Waals surface area contributed by atoms with Crippen molar-refractivity contribution >= 4 is 44.9 Å². The molecule has 1 aromatic heterocycles. The lowest BCUT2D eigenvalue weighted by Crippen LogP contribution is -2.30. The zero-order valence-electron chi connectivity index (χ0n) is 16.1. The molecule has 4 N–H and O–H groups in total. The standard InChI is InChI=1S/C23H17BrN4O3/c24-16-7-10-20-19(13-16)23(31)28(17-8-5-15(6-9-17)22(30)27-25)21(26-20)11-4-14-2-1-3-18(29)12-14/h1-13,29H,25H2,(H,27,30)/b11-4+. The molecule has 0 fully saturated rings. The summed E-state index contributed by atoms with van der Waals surface area (Å²) < 4.78 is 2.24. The Morgan fingerprint density at radius 1 is 1.06 bits per heavy atom. The van der Waals surface area contributed by atoms with Gasteiger partial charge in [-0.3, -0.25) is 19.6 Å². The highest BCUT2D eigenvalue weighted by atomic mass is 79.9. The van der Waals surface area contributed by atoms with Gasteiger partial charge in [-0.2, -0.15) is 0 Å². The molecule has 0 unspecified atom stereocenters. The molecule has 1 amide bonds. The Kier molecular flexibility index (Phi) is 5.66. The maximum atomic E-state index is 13.4. The molecular weight excluding hydrogens is 460 g/mol. The first kappa shape index (κ1) is 20.5. The van der Waals surface area contributed by atoms with Gasteiger partial charge >= 0.3 is 0 Å². The molecule has 0 aliphatic carbocycles. The van der Waals surface area contributed by atoms with Crippen LogP contribution in [0.15, 0.2) is 76.0 Å². The van der Waals surface area contributed by atoms with Gasteiger partial charge in [0, 0.05) is 10.0 Å². The van der Waals surface area contributed by atoms with Crippen molar-refractivity contribution in [2.45, 2.75) is 0 Å². The number of hydrazine groups is 1. The smallest absolute Gasteiger partial charge is 0.266 e. The Labute approximate surface area is 185 Å². The molecule has 8 heteroatoms. The number of phenolic OH excluding ortho intramolecular Hbond substituents is 1. The third-order valence-corrected chi connectivity index (χ3v) is 5.16. The molecule has 0 bridgehead atoms. The zero-order chi connectivity index (χ0) is 22.0. The largest absolute Gasteiger partial charge is 0.508 e. The summed E-state index contributed by atoms with van der Waals surface area (Å²) in [4.78, 5) is 29.8. The molecule has 4 rings (SSSR count). The summed E-state index contributed by atoms with van der Waals surface area (Å²) in [6.07, 6.45) is 3.47. The van der Waals surface area contributed by atoms with Gasteiger partial charge in [-0.05, 0) is 66.2 Å². The van der Waals surface area contributed by atoms with Crippen LogP contribution in [0.3, 0.4) is 0 Å². The van der Waals surface area contributed by atoms with Crippen LogP contribution in [0.2, 0.25) is 0 Å². The second-order valence-corrected chi connectivity index (χ2v) is 7.64. The number of nitrogens with one attached hydrogen (secondary N) is 1. The normalized spacial score (nSPS) is 11.2. The van der Waals surface area contributed by atoms with E-state index in [0.717, 1.165) is 10.0 Å². The summed E-state index contributed by atoms with van der Waals surface area (Å²) in [6.45, 7) is 0. The van der Waals surface area contributed by atoms with Crippen molar-refractivity contribution in [1.82, 2.24) is 15.0 Å².